The number of amides is 3. The van der Waals surface area contributed by atoms with Gasteiger partial charge in [0.25, 0.3) is 11.8 Å². The van der Waals surface area contributed by atoms with Crippen LogP contribution in [-0.4, -0.2) is 36.2 Å². The molecule has 0 aliphatic carbocycles. The van der Waals surface area contributed by atoms with Crippen molar-refractivity contribution in [2.24, 2.45) is 0 Å². The van der Waals surface area contributed by atoms with Crippen LogP contribution in [0.25, 0.3) is 6.08 Å². The third-order valence-electron chi connectivity index (χ3n) is 6.66. The van der Waals surface area contributed by atoms with Gasteiger partial charge in [0.1, 0.15) is 18.9 Å². The second-order valence-electron chi connectivity index (χ2n) is 9.86. The first kappa shape index (κ1) is 32.0. The topological polar surface area (TPSA) is 106 Å². The molecular weight excluding hydrogens is 633 g/mol. The predicted octanol–water partition coefficient (Wildman–Crippen LogP) is 7.68. The summed E-state index contributed by atoms with van der Waals surface area (Å²) < 4.78 is 11.2. The zero-order chi connectivity index (χ0) is 31.8. The average molecular weight is 663 g/mol. The number of benzene rings is 4. The van der Waals surface area contributed by atoms with E-state index in [0.717, 1.165) is 4.90 Å². The van der Waals surface area contributed by atoms with Gasteiger partial charge in [-0.2, -0.15) is 0 Å². The highest BCUT2D eigenvalue weighted by molar-refractivity contribution is 8.00. The van der Waals surface area contributed by atoms with Gasteiger partial charge in [-0.25, -0.2) is 0 Å². The zero-order valence-corrected chi connectivity index (χ0v) is 26.5. The molecule has 5 rings (SSSR count). The Labute approximate surface area is 275 Å². The third-order valence-corrected chi connectivity index (χ3v) is 8.68. The van der Waals surface area contributed by atoms with Crippen LogP contribution in [0.2, 0.25) is 10.0 Å². The summed E-state index contributed by atoms with van der Waals surface area (Å²) in [5.74, 6) is 0.0136. The Bertz CT molecular complexity index is 1730. The van der Waals surface area contributed by atoms with Crippen molar-refractivity contribution in [2.75, 3.05) is 23.8 Å². The van der Waals surface area contributed by atoms with E-state index >= 15 is 0 Å². The Morgan fingerprint density at radius 1 is 0.822 bits per heavy atom. The van der Waals surface area contributed by atoms with E-state index in [1.807, 2.05) is 13.0 Å². The minimum Gasteiger partial charge on any atom is -0.486 e. The van der Waals surface area contributed by atoms with Gasteiger partial charge in [-0.15, -0.1) is 11.8 Å². The molecule has 1 aliphatic heterocycles. The lowest BCUT2D eigenvalue weighted by atomic mass is 10.1. The first-order valence-corrected chi connectivity index (χ1v) is 15.7. The van der Waals surface area contributed by atoms with Crippen LogP contribution in [-0.2, 0) is 9.59 Å². The summed E-state index contributed by atoms with van der Waals surface area (Å²) in [4.78, 5) is 40.5. The molecule has 4 aromatic rings. The normalized spacial score (nSPS) is 13.0. The largest absolute Gasteiger partial charge is 0.486 e. The second kappa shape index (κ2) is 15.0. The maximum atomic E-state index is 13.5. The van der Waals surface area contributed by atoms with E-state index in [1.54, 1.807) is 84.9 Å². The van der Waals surface area contributed by atoms with E-state index in [-0.39, 0.29) is 11.6 Å². The first-order chi connectivity index (χ1) is 21.8. The van der Waals surface area contributed by atoms with Gasteiger partial charge in [-0.05, 0) is 67.1 Å². The van der Waals surface area contributed by atoms with Gasteiger partial charge in [-0.3, -0.25) is 14.4 Å². The Balaban J connectivity index is 1.31. The Morgan fingerprint density at radius 2 is 1.51 bits per heavy atom. The lowest BCUT2D eigenvalue weighted by molar-refractivity contribution is -0.116. The van der Waals surface area contributed by atoms with Gasteiger partial charge in [0, 0.05) is 43.5 Å². The quantitative estimate of drug-likeness (QED) is 0.119. The molecule has 230 valence electrons. The lowest BCUT2D eigenvalue weighted by Gasteiger charge is -2.20. The number of halogens is 2. The van der Waals surface area contributed by atoms with Gasteiger partial charge in [0.15, 0.2) is 11.5 Å². The minimum atomic E-state index is -0.583. The van der Waals surface area contributed by atoms with Crippen LogP contribution in [0.3, 0.4) is 0 Å². The van der Waals surface area contributed by atoms with Gasteiger partial charge < -0.3 is 25.4 Å². The SMILES string of the molecule is CCC(Sc1cccc(NC(=O)/C(=C\c2c(Cl)cccc2Cl)NC(=O)c2ccccc2)c1)C(=O)Nc1ccc2c(c1)OCCO2. The highest BCUT2D eigenvalue weighted by Gasteiger charge is 2.21. The molecular formula is C34H29Cl2N3O5S. The minimum absolute atomic E-state index is 0.0536. The van der Waals surface area contributed by atoms with Crippen molar-refractivity contribution in [3.8, 4) is 11.5 Å². The fourth-order valence-corrected chi connectivity index (χ4v) is 5.93. The predicted molar refractivity (Wildman–Crippen MR) is 179 cm³/mol. The van der Waals surface area contributed by atoms with Crippen LogP contribution in [0.1, 0.15) is 29.3 Å². The molecule has 1 aliphatic rings. The monoisotopic (exact) mass is 661 g/mol. The molecule has 4 aromatic carbocycles. The molecule has 0 spiro atoms. The summed E-state index contributed by atoms with van der Waals surface area (Å²) in [5.41, 5.74) is 1.79. The summed E-state index contributed by atoms with van der Waals surface area (Å²) in [7, 11) is 0. The molecule has 1 unspecified atom stereocenters. The van der Waals surface area contributed by atoms with Gasteiger partial charge >= 0.3 is 0 Å². The Morgan fingerprint density at radius 3 is 2.24 bits per heavy atom. The first-order valence-electron chi connectivity index (χ1n) is 14.1. The standard InChI is InChI=1S/C34H29Cl2N3O5S/c1-2-31(34(42)38-23-14-15-29-30(19-23)44-17-16-43-29)45-24-11-6-10-22(18-24)37-33(41)28(20-25-26(35)12-7-13-27(25)36)39-32(40)21-8-4-3-5-9-21/h3-15,18-20,31H,2,16-17H2,1H3,(H,37,41)(H,38,42)(H,39,40)/b28-20+. The molecule has 11 heteroatoms. The van der Waals surface area contributed by atoms with E-state index in [2.05, 4.69) is 16.0 Å². The van der Waals surface area contributed by atoms with Crippen LogP contribution in [0.5, 0.6) is 11.5 Å². The molecule has 0 fully saturated rings. The van der Waals surface area contributed by atoms with Crippen molar-refractivity contribution >= 4 is 70.1 Å². The molecule has 45 heavy (non-hydrogen) atoms. The molecule has 0 bridgehead atoms. The molecule has 8 nitrogen and oxygen atoms in total. The third kappa shape index (κ3) is 8.39. The van der Waals surface area contributed by atoms with E-state index in [4.69, 9.17) is 32.7 Å². The van der Waals surface area contributed by atoms with E-state index in [0.29, 0.717) is 63.7 Å². The van der Waals surface area contributed by atoms with Gasteiger partial charge in [0.05, 0.1) is 5.25 Å². The number of fused-ring (bicyclic) bond motifs is 1. The van der Waals surface area contributed by atoms with Crippen molar-refractivity contribution in [3.63, 3.8) is 0 Å². The fourth-order valence-electron chi connectivity index (χ4n) is 4.41. The van der Waals surface area contributed by atoms with Crippen LogP contribution < -0.4 is 25.4 Å². The van der Waals surface area contributed by atoms with Crippen LogP contribution in [0.15, 0.2) is 102 Å². The molecule has 0 radical (unpaired) electrons. The van der Waals surface area contributed by atoms with Crippen molar-refractivity contribution in [1.29, 1.82) is 0 Å². The number of hydrogen-bond donors (Lipinski definition) is 3. The molecule has 3 amide bonds. The van der Waals surface area contributed by atoms with Gasteiger partial charge in [0.2, 0.25) is 5.91 Å². The van der Waals surface area contributed by atoms with Crippen molar-refractivity contribution in [1.82, 2.24) is 5.32 Å². The fraction of sp³-hybridized carbons (Fsp3) is 0.147. The maximum Gasteiger partial charge on any atom is 0.272 e. The van der Waals surface area contributed by atoms with E-state index in [1.165, 1.54) is 17.8 Å². The van der Waals surface area contributed by atoms with Crippen LogP contribution >= 0.6 is 35.0 Å². The Kier molecular flexibility index (Phi) is 10.7. The lowest BCUT2D eigenvalue weighted by Crippen LogP contribution is -2.30. The molecule has 1 atom stereocenters. The molecule has 3 N–H and O–H groups in total. The number of carbonyl (C=O) groups excluding carboxylic acids is 3. The van der Waals surface area contributed by atoms with Crippen molar-refractivity contribution in [2.45, 2.75) is 23.5 Å². The molecule has 0 aromatic heterocycles. The smallest absolute Gasteiger partial charge is 0.272 e. The number of nitrogens with one attached hydrogen (secondary N) is 3. The highest BCUT2D eigenvalue weighted by Crippen LogP contribution is 2.34. The average Bonchev–Trinajstić information content (AvgIpc) is 3.05. The van der Waals surface area contributed by atoms with Gasteiger partial charge in [-0.1, -0.05) is 60.5 Å². The van der Waals surface area contributed by atoms with E-state index < -0.39 is 17.1 Å². The molecule has 0 saturated carbocycles. The number of anilines is 2. The van der Waals surface area contributed by atoms with Crippen LogP contribution in [0, 0.1) is 0 Å². The molecule has 0 saturated heterocycles. The van der Waals surface area contributed by atoms with Crippen molar-refractivity contribution < 1.29 is 23.9 Å². The summed E-state index contributed by atoms with van der Waals surface area (Å²) in [6, 6.07) is 25.9. The number of rotatable bonds is 10. The van der Waals surface area contributed by atoms with E-state index in [9.17, 15) is 14.4 Å². The number of ether oxygens (including phenoxy) is 2. The summed E-state index contributed by atoms with van der Waals surface area (Å²) in [6.07, 6.45) is 2.00. The summed E-state index contributed by atoms with van der Waals surface area (Å²) in [6.45, 7) is 2.87. The summed E-state index contributed by atoms with van der Waals surface area (Å²) >= 11 is 14.1. The Hall–Kier alpha value is -4.44. The second-order valence-corrected chi connectivity index (χ2v) is 11.9. The van der Waals surface area contributed by atoms with Crippen LogP contribution in [0.4, 0.5) is 11.4 Å². The number of carbonyl (C=O) groups is 3. The number of hydrogen-bond acceptors (Lipinski definition) is 6. The summed E-state index contributed by atoms with van der Waals surface area (Å²) in [5, 5.41) is 8.71. The number of thioether (sulfide) groups is 1. The zero-order valence-electron chi connectivity index (χ0n) is 24.1. The highest BCUT2D eigenvalue weighted by atomic mass is 35.5. The maximum absolute atomic E-state index is 13.5. The molecule has 1 heterocycles. The van der Waals surface area contributed by atoms with Crippen molar-refractivity contribution in [3.05, 3.63) is 118 Å².